The van der Waals surface area contributed by atoms with Crippen molar-refractivity contribution in [2.24, 2.45) is 13.0 Å². The zero-order chi connectivity index (χ0) is 13.2. The number of fused-ring (bicyclic) bond motifs is 1. The predicted octanol–water partition coefficient (Wildman–Crippen LogP) is 1.88. The van der Waals surface area contributed by atoms with Crippen molar-refractivity contribution in [1.29, 1.82) is 0 Å². The topological polar surface area (TPSA) is 42.7 Å². The molecule has 19 heavy (non-hydrogen) atoms. The van der Waals surface area contributed by atoms with E-state index in [9.17, 15) is 0 Å². The Morgan fingerprint density at radius 1 is 1.32 bits per heavy atom. The van der Waals surface area contributed by atoms with E-state index < -0.39 is 0 Å². The third-order valence-corrected chi connectivity index (χ3v) is 4.24. The van der Waals surface area contributed by atoms with Gasteiger partial charge in [0, 0.05) is 7.05 Å². The molecule has 0 amide bonds. The summed E-state index contributed by atoms with van der Waals surface area (Å²) in [5.74, 6) is 0.608. The van der Waals surface area contributed by atoms with Crippen LogP contribution in [0.4, 0.5) is 0 Å². The van der Waals surface area contributed by atoms with E-state index in [0.29, 0.717) is 12.0 Å². The Morgan fingerprint density at radius 2 is 2.11 bits per heavy atom. The van der Waals surface area contributed by atoms with Gasteiger partial charge in [0.25, 0.3) is 0 Å². The summed E-state index contributed by atoms with van der Waals surface area (Å²) in [7, 11) is 3.99. The molecule has 0 saturated heterocycles. The highest BCUT2D eigenvalue weighted by Crippen LogP contribution is 2.33. The SMILES string of the molecule is CNC(c1cnnn1C)C1CCc2ccccc2C1. The van der Waals surface area contributed by atoms with Crippen LogP contribution in [0.5, 0.6) is 0 Å². The third kappa shape index (κ3) is 2.28. The first-order valence-corrected chi connectivity index (χ1v) is 6.88. The number of nitrogens with zero attached hydrogens (tertiary/aromatic N) is 3. The summed E-state index contributed by atoms with van der Waals surface area (Å²) in [4.78, 5) is 0. The molecule has 1 N–H and O–H groups in total. The van der Waals surface area contributed by atoms with E-state index >= 15 is 0 Å². The van der Waals surface area contributed by atoms with Crippen LogP contribution in [0.3, 0.4) is 0 Å². The lowest BCUT2D eigenvalue weighted by Crippen LogP contribution is -2.31. The molecule has 2 aromatic rings. The molecule has 2 atom stereocenters. The molecule has 0 aliphatic heterocycles. The first kappa shape index (κ1) is 12.4. The van der Waals surface area contributed by atoms with Crippen molar-refractivity contribution >= 4 is 0 Å². The maximum absolute atomic E-state index is 4.05. The highest BCUT2D eigenvalue weighted by atomic mass is 15.4. The Morgan fingerprint density at radius 3 is 2.79 bits per heavy atom. The Labute approximate surface area is 113 Å². The fourth-order valence-corrected chi connectivity index (χ4v) is 3.21. The largest absolute Gasteiger partial charge is 0.311 e. The van der Waals surface area contributed by atoms with Crippen LogP contribution >= 0.6 is 0 Å². The molecule has 0 radical (unpaired) electrons. The summed E-state index contributed by atoms with van der Waals surface area (Å²) >= 11 is 0. The van der Waals surface area contributed by atoms with Crippen molar-refractivity contribution in [3.05, 3.63) is 47.3 Å². The van der Waals surface area contributed by atoms with Gasteiger partial charge in [0.15, 0.2) is 0 Å². The smallest absolute Gasteiger partial charge is 0.0756 e. The molecule has 0 bridgehead atoms. The van der Waals surface area contributed by atoms with Crippen molar-refractivity contribution in [2.75, 3.05) is 7.05 Å². The van der Waals surface area contributed by atoms with Crippen LogP contribution in [0.15, 0.2) is 30.5 Å². The molecule has 3 rings (SSSR count). The number of benzene rings is 1. The van der Waals surface area contributed by atoms with Crippen LogP contribution < -0.4 is 5.32 Å². The molecule has 1 aliphatic carbocycles. The molecular weight excluding hydrogens is 236 g/mol. The lowest BCUT2D eigenvalue weighted by atomic mass is 9.79. The molecule has 1 aromatic carbocycles. The molecule has 2 unspecified atom stereocenters. The first-order valence-electron chi connectivity index (χ1n) is 6.88. The highest BCUT2D eigenvalue weighted by Gasteiger charge is 2.28. The second-order valence-electron chi connectivity index (χ2n) is 5.32. The van der Waals surface area contributed by atoms with Crippen LogP contribution in [0.1, 0.15) is 29.3 Å². The minimum absolute atomic E-state index is 0.327. The Balaban J connectivity index is 1.85. The molecule has 1 aliphatic rings. The Bertz CT molecular complexity index is 561. The summed E-state index contributed by atoms with van der Waals surface area (Å²) in [6.07, 6.45) is 5.40. The summed E-state index contributed by atoms with van der Waals surface area (Å²) < 4.78 is 1.88. The van der Waals surface area contributed by atoms with E-state index in [2.05, 4.69) is 39.9 Å². The van der Waals surface area contributed by atoms with E-state index in [1.165, 1.54) is 29.7 Å². The van der Waals surface area contributed by atoms with Crippen LogP contribution in [-0.2, 0) is 19.9 Å². The van der Waals surface area contributed by atoms with Gasteiger partial charge in [-0.2, -0.15) is 0 Å². The average Bonchev–Trinajstić information content (AvgIpc) is 2.86. The van der Waals surface area contributed by atoms with E-state index in [1.54, 1.807) is 0 Å². The van der Waals surface area contributed by atoms with Gasteiger partial charge in [-0.1, -0.05) is 29.5 Å². The monoisotopic (exact) mass is 256 g/mol. The third-order valence-electron chi connectivity index (χ3n) is 4.24. The van der Waals surface area contributed by atoms with Crippen LogP contribution in [-0.4, -0.2) is 22.0 Å². The van der Waals surface area contributed by atoms with E-state index in [4.69, 9.17) is 0 Å². The minimum Gasteiger partial charge on any atom is -0.311 e. The number of hydrogen-bond donors (Lipinski definition) is 1. The molecule has 1 aromatic heterocycles. The second-order valence-corrected chi connectivity index (χ2v) is 5.32. The summed E-state index contributed by atoms with van der Waals surface area (Å²) in [5.41, 5.74) is 4.18. The molecule has 1 heterocycles. The number of hydrogen-bond acceptors (Lipinski definition) is 3. The van der Waals surface area contributed by atoms with E-state index in [0.717, 1.165) is 6.42 Å². The van der Waals surface area contributed by atoms with Crippen molar-refractivity contribution in [3.8, 4) is 0 Å². The lowest BCUT2D eigenvalue weighted by Gasteiger charge is -2.31. The van der Waals surface area contributed by atoms with Gasteiger partial charge in [-0.15, -0.1) is 5.10 Å². The molecule has 4 heteroatoms. The number of rotatable bonds is 3. The van der Waals surface area contributed by atoms with Crippen LogP contribution in [0.25, 0.3) is 0 Å². The fourth-order valence-electron chi connectivity index (χ4n) is 3.21. The maximum atomic E-state index is 4.05. The van der Waals surface area contributed by atoms with Gasteiger partial charge in [0.1, 0.15) is 0 Å². The van der Waals surface area contributed by atoms with Gasteiger partial charge in [-0.05, 0) is 43.4 Å². The molecule has 100 valence electrons. The highest BCUT2D eigenvalue weighted by molar-refractivity contribution is 5.30. The second kappa shape index (κ2) is 5.13. The Kier molecular flexibility index (Phi) is 3.34. The van der Waals surface area contributed by atoms with Crippen molar-refractivity contribution in [1.82, 2.24) is 20.3 Å². The van der Waals surface area contributed by atoms with Crippen molar-refractivity contribution in [3.63, 3.8) is 0 Å². The molecule has 0 saturated carbocycles. The molecule has 0 spiro atoms. The van der Waals surface area contributed by atoms with E-state index in [-0.39, 0.29) is 0 Å². The Hall–Kier alpha value is -1.68. The van der Waals surface area contributed by atoms with Gasteiger partial charge in [0.2, 0.25) is 0 Å². The zero-order valence-electron chi connectivity index (χ0n) is 11.5. The zero-order valence-corrected chi connectivity index (χ0v) is 11.5. The summed E-state index contributed by atoms with van der Waals surface area (Å²) in [5, 5.41) is 11.5. The van der Waals surface area contributed by atoms with Crippen LogP contribution in [0, 0.1) is 5.92 Å². The standard InChI is InChI=1S/C15H20N4/c1-16-15(14-10-17-18-19(14)2)13-8-7-11-5-3-4-6-12(11)9-13/h3-6,10,13,15-16H,7-9H2,1-2H3. The van der Waals surface area contributed by atoms with Crippen LogP contribution in [0.2, 0.25) is 0 Å². The first-order chi connectivity index (χ1) is 9.29. The van der Waals surface area contributed by atoms with Crippen molar-refractivity contribution in [2.45, 2.75) is 25.3 Å². The number of aryl methyl sites for hydroxylation is 2. The maximum Gasteiger partial charge on any atom is 0.0756 e. The fraction of sp³-hybridized carbons (Fsp3) is 0.467. The predicted molar refractivity (Wildman–Crippen MR) is 74.8 cm³/mol. The normalized spacial score (nSPS) is 20.0. The number of nitrogens with one attached hydrogen (secondary N) is 1. The van der Waals surface area contributed by atoms with Gasteiger partial charge in [-0.25, -0.2) is 0 Å². The number of aromatic nitrogens is 3. The van der Waals surface area contributed by atoms with Gasteiger partial charge in [0.05, 0.1) is 17.9 Å². The minimum atomic E-state index is 0.327. The van der Waals surface area contributed by atoms with Crippen molar-refractivity contribution < 1.29 is 0 Å². The quantitative estimate of drug-likeness (QED) is 0.912. The molecule has 4 nitrogen and oxygen atoms in total. The molecule has 0 fully saturated rings. The van der Waals surface area contributed by atoms with E-state index in [1.807, 2.05) is 25.0 Å². The van der Waals surface area contributed by atoms with Gasteiger partial charge in [-0.3, -0.25) is 4.68 Å². The van der Waals surface area contributed by atoms with Gasteiger partial charge < -0.3 is 5.32 Å². The van der Waals surface area contributed by atoms with Gasteiger partial charge >= 0.3 is 0 Å². The lowest BCUT2D eigenvalue weighted by molar-refractivity contribution is 0.328. The summed E-state index contributed by atoms with van der Waals surface area (Å²) in [6.45, 7) is 0. The average molecular weight is 256 g/mol. The molecular formula is C15H20N4. The summed E-state index contributed by atoms with van der Waals surface area (Å²) in [6, 6.07) is 9.12.